The van der Waals surface area contributed by atoms with Crippen LogP contribution in [0.1, 0.15) is 36.2 Å². The lowest BCUT2D eigenvalue weighted by molar-refractivity contribution is 0.0695. The largest absolute Gasteiger partial charge is 0.477 e. The number of anilines is 1. The molecular weight excluding hydrogens is 370 g/mol. The van der Waals surface area contributed by atoms with Crippen molar-refractivity contribution in [3.05, 3.63) is 33.9 Å². The van der Waals surface area contributed by atoms with E-state index in [-0.39, 0.29) is 35.4 Å². The predicted octanol–water partition coefficient (Wildman–Crippen LogP) is 1.95. The van der Waals surface area contributed by atoms with E-state index in [1.54, 1.807) is 9.47 Å². The van der Waals surface area contributed by atoms with Gasteiger partial charge in [-0.05, 0) is 25.5 Å². The van der Waals surface area contributed by atoms with Crippen LogP contribution in [0.5, 0.6) is 0 Å². The first kappa shape index (κ1) is 18.8. The minimum Gasteiger partial charge on any atom is -0.477 e. The van der Waals surface area contributed by atoms with Crippen molar-refractivity contribution in [1.29, 1.82) is 0 Å². The molecule has 2 fully saturated rings. The lowest BCUT2D eigenvalue weighted by Gasteiger charge is -2.20. The van der Waals surface area contributed by atoms with Gasteiger partial charge in [-0.25, -0.2) is 18.6 Å². The summed E-state index contributed by atoms with van der Waals surface area (Å²) in [5.41, 5.74) is -0.907. The van der Waals surface area contributed by atoms with Gasteiger partial charge >= 0.3 is 5.97 Å². The molecule has 1 aliphatic heterocycles. The van der Waals surface area contributed by atoms with Crippen molar-refractivity contribution in [1.82, 2.24) is 14.9 Å². The second kappa shape index (κ2) is 7.12. The molecule has 0 spiro atoms. The number of hydrogen-bond acceptors (Lipinski definition) is 5. The first-order chi connectivity index (χ1) is 13.4. The molecule has 2 atom stereocenters. The van der Waals surface area contributed by atoms with E-state index < -0.39 is 29.0 Å². The van der Waals surface area contributed by atoms with Gasteiger partial charge in [-0.15, -0.1) is 0 Å². The van der Waals surface area contributed by atoms with Crippen LogP contribution in [0, 0.1) is 11.7 Å². The zero-order valence-electron chi connectivity index (χ0n) is 15.5. The first-order valence-corrected chi connectivity index (χ1v) is 9.49. The molecule has 28 heavy (non-hydrogen) atoms. The molecule has 2 aromatic heterocycles. The van der Waals surface area contributed by atoms with Gasteiger partial charge in [0, 0.05) is 31.2 Å². The average molecular weight is 392 g/mol. The van der Waals surface area contributed by atoms with Crippen molar-refractivity contribution in [2.75, 3.05) is 31.1 Å². The molecule has 7 nitrogen and oxygen atoms in total. The Morgan fingerprint density at radius 3 is 2.79 bits per heavy atom. The van der Waals surface area contributed by atoms with Gasteiger partial charge in [0.2, 0.25) is 5.43 Å². The number of halogens is 2. The summed E-state index contributed by atoms with van der Waals surface area (Å²) in [4.78, 5) is 29.8. The van der Waals surface area contributed by atoms with E-state index in [2.05, 4.69) is 10.3 Å². The number of carbonyl (C=O) groups is 1. The van der Waals surface area contributed by atoms with Gasteiger partial charge in [-0.1, -0.05) is 6.92 Å². The molecule has 2 aliphatic rings. The number of nitrogens with zero attached hydrogens (tertiary/aromatic N) is 3. The van der Waals surface area contributed by atoms with Gasteiger partial charge < -0.3 is 19.9 Å². The number of hydrogen-bond donors (Lipinski definition) is 2. The van der Waals surface area contributed by atoms with Gasteiger partial charge in [0.25, 0.3) is 0 Å². The van der Waals surface area contributed by atoms with Crippen LogP contribution in [0.25, 0.3) is 11.0 Å². The summed E-state index contributed by atoms with van der Waals surface area (Å²) in [6.07, 6.45) is 1.87. The SMILES string of the molecule is CCNCC1CN(c2nc3c(cc2F)c(=O)c(C(=O)O)cn3C2CC2)CC1F. The lowest BCUT2D eigenvalue weighted by atomic mass is 10.1. The maximum atomic E-state index is 14.8. The standard InChI is InChI=1S/C19H22F2N4O3/c1-2-22-6-10-7-24(9-15(10)21)18-14(20)5-12-16(26)13(19(27)28)8-25(11-3-4-11)17(12)23-18/h5,8,10-11,15,22H,2-4,6-7,9H2,1H3,(H,27,28). The number of alkyl halides is 1. The maximum absolute atomic E-state index is 14.8. The average Bonchev–Trinajstić information content (AvgIpc) is 3.43. The van der Waals surface area contributed by atoms with Crippen molar-refractivity contribution in [3.8, 4) is 0 Å². The fourth-order valence-corrected chi connectivity index (χ4v) is 3.77. The number of carboxylic acid groups (broad SMARTS) is 1. The molecule has 2 N–H and O–H groups in total. The number of pyridine rings is 2. The highest BCUT2D eigenvalue weighted by molar-refractivity contribution is 5.92. The van der Waals surface area contributed by atoms with Crippen LogP contribution in [0.3, 0.4) is 0 Å². The summed E-state index contributed by atoms with van der Waals surface area (Å²) < 4.78 is 30.8. The molecule has 1 aliphatic carbocycles. The molecular formula is C19H22F2N4O3. The second-order valence-electron chi connectivity index (χ2n) is 7.47. The van der Waals surface area contributed by atoms with Crippen LogP contribution in [-0.4, -0.2) is 53.0 Å². The Balaban J connectivity index is 1.78. The molecule has 0 amide bonds. The van der Waals surface area contributed by atoms with Crippen LogP contribution in [0.15, 0.2) is 17.1 Å². The van der Waals surface area contributed by atoms with Gasteiger partial charge in [-0.3, -0.25) is 4.79 Å². The van der Waals surface area contributed by atoms with Gasteiger partial charge in [0.15, 0.2) is 11.6 Å². The van der Waals surface area contributed by atoms with E-state index in [4.69, 9.17) is 0 Å². The smallest absolute Gasteiger partial charge is 0.341 e. The number of carboxylic acids is 1. The van der Waals surface area contributed by atoms with Crippen LogP contribution in [0.4, 0.5) is 14.6 Å². The minimum atomic E-state index is -1.35. The number of aromatic carboxylic acids is 1. The molecule has 0 radical (unpaired) electrons. The van der Waals surface area contributed by atoms with E-state index in [0.29, 0.717) is 13.1 Å². The monoisotopic (exact) mass is 392 g/mol. The molecule has 0 aromatic carbocycles. The third-order valence-corrected chi connectivity index (χ3v) is 5.43. The summed E-state index contributed by atoms with van der Waals surface area (Å²) in [6.45, 7) is 3.52. The summed E-state index contributed by atoms with van der Waals surface area (Å²) in [5.74, 6) is -2.36. The topological polar surface area (TPSA) is 87.5 Å². The summed E-state index contributed by atoms with van der Waals surface area (Å²) in [6, 6.07) is 1.08. The van der Waals surface area contributed by atoms with Gasteiger partial charge in [-0.2, -0.15) is 0 Å². The van der Waals surface area contributed by atoms with Crippen LogP contribution in [0.2, 0.25) is 0 Å². The normalized spacial score (nSPS) is 22.2. The summed E-state index contributed by atoms with van der Waals surface area (Å²) in [7, 11) is 0. The molecule has 9 heteroatoms. The Hall–Kier alpha value is -2.55. The zero-order chi connectivity index (χ0) is 20.0. The highest BCUT2D eigenvalue weighted by atomic mass is 19.1. The molecule has 2 aromatic rings. The van der Waals surface area contributed by atoms with Gasteiger partial charge in [0.05, 0.1) is 11.9 Å². The predicted molar refractivity (Wildman–Crippen MR) is 100 cm³/mol. The minimum absolute atomic E-state index is 0.00558. The fraction of sp³-hybridized carbons (Fsp3) is 0.526. The van der Waals surface area contributed by atoms with Gasteiger partial charge in [0.1, 0.15) is 17.4 Å². The third-order valence-electron chi connectivity index (χ3n) is 5.43. The quantitative estimate of drug-likeness (QED) is 0.782. The van der Waals surface area contributed by atoms with Crippen LogP contribution in [-0.2, 0) is 0 Å². The fourth-order valence-electron chi connectivity index (χ4n) is 3.77. The van der Waals surface area contributed by atoms with E-state index in [1.807, 2.05) is 6.92 Å². The highest BCUT2D eigenvalue weighted by Gasteiger charge is 2.35. The highest BCUT2D eigenvalue weighted by Crippen LogP contribution is 2.37. The first-order valence-electron chi connectivity index (χ1n) is 9.49. The Morgan fingerprint density at radius 1 is 1.39 bits per heavy atom. The molecule has 1 saturated heterocycles. The zero-order valence-corrected chi connectivity index (χ0v) is 15.5. The van der Waals surface area contributed by atoms with E-state index in [1.165, 1.54) is 6.20 Å². The van der Waals surface area contributed by atoms with Crippen molar-refractivity contribution >= 4 is 22.8 Å². The summed E-state index contributed by atoms with van der Waals surface area (Å²) in [5, 5.41) is 12.3. The number of rotatable bonds is 6. The Kier molecular flexibility index (Phi) is 4.78. The van der Waals surface area contributed by atoms with E-state index in [9.17, 15) is 23.5 Å². The third kappa shape index (κ3) is 3.23. The molecule has 1 saturated carbocycles. The van der Waals surface area contributed by atoms with Crippen molar-refractivity contribution in [2.24, 2.45) is 5.92 Å². The Bertz CT molecular complexity index is 989. The molecule has 4 rings (SSSR count). The Labute approximate surface area is 160 Å². The van der Waals surface area contributed by atoms with Crippen molar-refractivity contribution in [2.45, 2.75) is 32.0 Å². The van der Waals surface area contributed by atoms with Crippen LogP contribution >= 0.6 is 0 Å². The van der Waals surface area contributed by atoms with Crippen molar-refractivity contribution in [3.63, 3.8) is 0 Å². The lowest BCUT2D eigenvalue weighted by Crippen LogP contribution is -2.29. The molecule has 3 heterocycles. The maximum Gasteiger partial charge on any atom is 0.341 e. The molecule has 0 bridgehead atoms. The van der Waals surface area contributed by atoms with Crippen LogP contribution < -0.4 is 15.6 Å². The number of nitrogens with one attached hydrogen (secondary N) is 1. The number of aromatic nitrogens is 2. The molecule has 2 unspecified atom stereocenters. The Morgan fingerprint density at radius 2 is 2.14 bits per heavy atom. The summed E-state index contributed by atoms with van der Waals surface area (Å²) >= 11 is 0. The number of fused-ring (bicyclic) bond motifs is 1. The van der Waals surface area contributed by atoms with E-state index >= 15 is 0 Å². The second-order valence-corrected chi connectivity index (χ2v) is 7.47. The van der Waals surface area contributed by atoms with E-state index in [0.717, 1.165) is 25.5 Å². The van der Waals surface area contributed by atoms with Crippen molar-refractivity contribution < 1.29 is 18.7 Å². The molecule has 150 valence electrons.